The Labute approximate surface area is 130 Å². The Morgan fingerprint density at radius 3 is 2.59 bits per heavy atom. The lowest BCUT2D eigenvalue weighted by Gasteiger charge is -2.18. The van der Waals surface area contributed by atoms with Crippen LogP contribution < -0.4 is 10.1 Å². The van der Waals surface area contributed by atoms with Crippen LogP contribution in [0.3, 0.4) is 0 Å². The molecule has 1 rings (SSSR count). The molecule has 6 heteroatoms. The summed E-state index contributed by atoms with van der Waals surface area (Å²) in [7, 11) is 0. The highest BCUT2D eigenvalue weighted by Gasteiger charge is 2.16. The molecule has 0 fully saturated rings. The molecule has 4 nitrogen and oxygen atoms in total. The van der Waals surface area contributed by atoms with Crippen LogP contribution >= 0.6 is 0 Å². The number of carbonyl (C=O) groups is 1. The lowest BCUT2D eigenvalue weighted by atomic mass is 10.3. The Kier molecular flexibility index (Phi) is 7.80. The van der Waals surface area contributed by atoms with E-state index >= 15 is 0 Å². The predicted octanol–water partition coefficient (Wildman–Crippen LogP) is 2.58. The van der Waals surface area contributed by atoms with Crippen molar-refractivity contribution in [2.45, 2.75) is 33.3 Å². The van der Waals surface area contributed by atoms with Crippen molar-refractivity contribution in [3.63, 3.8) is 0 Å². The fourth-order valence-electron chi connectivity index (χ4n) is 2.01. The minimum Gasteiger partial charge on any atom is -0.478 e. The highest BCUT2D eigenvalue weighted by molar-refractivity contribution is 5.80. The third kappa shape index (κ3) is 5.97. The molecule has 1 N–H and O–H groups in total. The van der Waals surface area contributed by atoms with Crippen molar-refractivity contribution in [3.05, 3.63) is 29.8 Å². The van der Waals surface area contributed by atoms with Crippen LogP contribution in [0.25, 0.3) is 0 Å². The van der Waals surface area contributed by atoms with Gasteiger partial charge in [-0.05, 0) is 45.1 Å². The Morgan fingerprint density at radius 1 is 1.32 bits per heavy atom. The second kappa shape index (κ2) is 9.35. The topological polar surface area (TPSA) is 41.6 Å². The molecular weight excluding hydrogens is 290 g/mol. The van der Waals surface area contributed by atoms with Crippen molar-refractivity contribution in [1.82, 2.24) is 10.2 Å². The van der Waals surface area contributed by atoms with Gasteiger partial charge in [-0.25, -0.2) is 8.78 Å². The van der Waals surface area contributed by atoms with Crippen LogP contribution in [0.5, 0.6) is 5.75 Å². The van der Waals surface area contributed by atoms with Gasteiger partial charge in [0.25, 0.3) is 5.91 Å². The Bertz CT molecular complexity index is 479. The van der Waals surface area contributed by atoms with Crippen LogP contribution in [0, 0.1) is 11.6 Å². The first-order valence-corrected chi connectivity index (χ1v) is 7.59. The van der Waals surface area contributed by atoms with Gasteiger partial charge in [-0.15, -0.1) is 0 Å². The van der Waals surface area contributed by atoms with Crippen molar-refractivity contribution in [2.24, 2.45) is 0 Å². The van der Waals surface area contributed by atoms with E-state index in [0.717, 1.165) is 38.2 Å². The highest BCUT2D eigenvalue weighted by atomic mass is 19.1. The normalized spacial score (nSPS) is 12.3. The van der Waals surface area contributed by atoms with E-state index in [9.17, 15) is 13.6 Å². The summed E-state index contributed by atoms with van der Waals surface area (Å²) in [4.78, 5) is 14.1. The van der Waals surface area contributed by atoms with Gasteiger partial charge in [0.05, 0.1) is 0 Å². The average molecular weight is 314 g/mol. The average Bonchev–Trinajstić information content (AvgIpc) is 2.50. The minimum atomic E-state index is -0.839. The van der Waals surface area contributed by atoms with Crippen LogP contribution in [0.2, 0.25) is 0 Å². The fourth-order valence-corrected chi connectivity index (χ4v) is 2.01. The maximum Gasteiger partial charge on any atom is 0.260 e. The molecule has 1 aromatic carbocycles. The summed E-state index contributed by atoms with van der Waals surface area (Å²) in [6, 6.07) is 2.99. The summed E-state index contributed by atoms with van der Waals surface area (Å²) in [6.45, 7) is 9.12. The largest absolute Gasteiger partial charge is 0.478 e. The maximum absolute atomic E-state index is 13.4. The molecule has 22 heavy (non-hydrogen) atoms. The van der Waals surface area contributed by atoms with Crippen molar-refractivity contribution in [1.29, 1.82) is 0 Å². The van der Waals surface area contributed by atoms with E-state index in [4.69, 9.17) is 4.74 Å². The number of rotatable bonds is 9. The van der Waals surface area contributed by atoms with E-state index in [2.05, 4.69) is 24.1 Å². The standard InChI is InChI=1S/C16H24F2N2O2/c1-4-20(5-2)10-6-9-19-16(21)12(3)22-15-8-7-13(17)11-14(15)18/h7-8,11-12H,4-6,9-10H2,1-3H3,(H,19,21)/t12-/m1/s1. The van der Waals surface area contributed by atoms with Crippen LogP contribution in [-0.4, -0.2) is 43.1 Å². The smallest absolute Gasteiger partial charge is 0.260 e. The second-order valence-electron chi connectivity index (χ2n) is 5.01. The number of halogens is 2. The Morgan fingerprint density at radius 2 is 2.00 bits per heavy atom. The molecule has 0 aliphatic heterocycles. The van der Waals surface area contributed by atoms with Gasteiger partial charge < -0.3 is 15.0 Å². The zero-order chi connectivity index (χ0) is 16.5. The van der Waals surface area contributed by atoms with E-state index in [1.165, 1.54) is 13.0 Å². The molecule has 0 aliphatic rings. The molecule has 1 amide bonds. The zero-order valence-electron chi connectivity index (χ0n) is 13.4. The molecule has 0 unspecified atom stereocenters. The third-order valence-corrected chi connectivity index (χ3v) is 3.41. The van der Waals surface area contributed by atoms with Crippen molar-refractivity contribution in [3.8, 4) is 5.75 Å². The molecule has 0 bridgehead atoms. The molecule has 0 radical (unpaired) electrons. The fraction of sp³-hybridized carbons (Fsp3) is 0.562. The van der Waals surface area contributed by atoms with Gasteiger partial charge in [0.2, 0.25) is 0 Å². The quantitative estimate of drug-likeness (QED) is 0.712. The summed E-state index contributed by atoms with van der Waals surface area (Å²) < 4.78 is 31.5. The first-order valence-electron chi connectivity index (χ1n) is 7.59. The zero-order valence-corrected chi connectivity index (χ0v) is 13.4. The molecule has 124 valence electrons. The first kappa shape index (κ1) is 18.4. The number of hydrogen-bond donors (Lipinski definition) is 1. The number of hydrogen-bond acceptors (Lipinski definition) is 3. The highest BCUT2D eigenvalue weighted by Crippen LogP contribution is 2.18. The van der Waals surface area contributed by atoms with E-state index in [1.807, 2.05) is 0 Å². The number of nitrogens with zero attached hydrogens (tertiary/aromatic N) is 1. The summed E-state index contributed by atoms with van der Waals surface area (Å²) in [5.74, 6) is -1.95. The Hall–Kier alpha value is -1.69. The first-order chi connectivity index (χ1) is 10.5. The minimum absolute atomic E-state index is 0.132. The van der Waals surface area contributed by atoms with Gasteiger partial charge in [0.1, 0.15) is 5.82 Å². The monoisotopic (exact) mass is 314 g/mol. The number of benzene rings is 1. The number of nitrogens with one attached hydrogen (secondary N) is 1. The van der Waals surface area contributed by atoms with Crippen molar-refractivity contribution in [2.75, 3.05) is 26.2 Å². The third-order valence-electron chi connectivity index (χ3n) is 3.41. The van der Waals surface area contributed by atoms with Crippen molar-refractivity contribution >= 4 is 5.91 Å². The van der Waals surface area contributed by atoms with E-state index in [-0.39, 0.29) is 11.7 Å². The van der Waals surface area contributed by atoms with E-state index < -0.39 is 17.7 Å². The lowest BCUT2D eigenvalue weighted by molar-refractivity contribution is -0.127. The summed E-state index contributed by atoms with van der Waals surface area (Å²) in [5, 5.41) is 2.75. The number of carbonyl (C=O) groups excluding carboxylic acids is 1. The summed E-state index contributed by atoms with van der Waals surface area (Å²) in [6.07, 6.45) is -0.00109. The molecule has 0 spiro atoms. The van der Waals surface area contributed by atoms with E-state index in [1.54, 1.807) is 0 Å². The van der Waals surface area contributed by atoms with Gasteiger partial charge >= 0.3 is 0 Å². The molecule has 0 saturated carbocycles. The number of ether oxygens (including phenoxy) is 1. The molecule has 0 aromatic heterocycles. The summed E-state index contributed by atoms with van der Waals surface area (Å²) >= 11 is 0. The van der Waals surface area contributed by atoms with Gasteiger partial charge in [0.15, 0.2) is 17.7 Å². The maximum atomic E-state index is 13.4. The molecule has 1 atom stereocenters. The van der Waals surface area contributed by atoms with Gasteiger partial charge in [-0.1, -0.05) is 13.8 Å². The van der Waals surface area contributed by atoms with Gasteiger partial charge in [-0.2, -0.15) is 0 Å². The van der Waals surface area contributed by atoms with Crippen molar-refractivity contribution < 1.29 is 18.3 Å². The van der Waals surface area contributed by atoms with Crippen LogP contribution in [0.1, 0.15) is 27.2 Å². The molecule has 0 heterocycles. The second-order valence-corrected chi connectivity index (χ2v) is 5.01. The number of amides is 1. The Balaban J connectivity index is 2.36. The predicted molar refractivity (Wildman–Crippen MR) is 81.9 cm³/mol. The molecule has 0 saturated heterocycles. The van der Waals surface area contributed by atoms with Crippen LogP contribution in [-0.2, 0) is 4.79 Å². The van der Waals surface area contributed by atoms with E-state index in [0.29, 0.717) is 6.54 Å². The van der Waals surface area contributed by atoms with Crippen LogP contribution in [0.15, 0.2) is 18.2 Å². The molecule has 0 aliphatic carbocycles. The van der Waals surface area contributed by atoms with Gasteiger partial charge in [0, 0.05) is 12.6 Å². The molecular formula is C16H24F2N2O2. The van der Waals surface area contributed by atoms with Crippen LogP contribution in [0.4, 0.5) is 8.78 Å². The van der Waals surface area contributed by atoms with Gasteiger partial charge in [-0.3, -0.25) is 4.79 Å². The SMILES string of the molecule is CCN(CC)CCCNC(=O)[C@@H](C)Oc1ccc(F)cc1F. The lowest BCUT2D eigenvalue weighted by Crippen LogP contribution is -2.38. The molecule has 1 aromatic rings. The summed E-state index contributed by atoms with van der Waals surface area (Å²) in [5.41, 5.74) is 0.